The molecule has 1 saturated carbocycles. The van der Waals surface area contributed by atoms with Gasteiger partial charge in [-0.1, -0.05) is 25.1 Å². The Kier molecular flexibility index (Phi) is 3.10. The minimum absolute atomic E-state index is 0.0731. The lowest BCUT2D eigenvalue weighted by atomic mass is 9.65. The number of nitrogens with zero attached hydrogens (tertiary/aromatic N) is 1. The summed E-state index contributed by atoms with van der Waals surface area (Å²) in [6.45, 7) is 3.67. The lowest BCUT2D eigenvalue weighted by Gasteiger charge is -2.53. The van der Waals surface area contributed by atoms with Crippen LogP contribution in [-0.2, 0) is 16.0 Å². The zero-order valence-corrected chi connectivity index (χ0v) is 12.3. The molecule has 20 heavy (non-hydrogen) atoms. The van der Waals surface area contributed by atoms with Gasteiger partial charge in [0.1, 0.15) is 0 Å². The fraction of sp³-hybridized carbons (Fsp3) is 0.562. The molecule has 1 heterocycles. The third-order valence-corrected chi connectivity index (χ3v) is 4.61. The highest BCUT2D eigenvalue weighted by Crippen LogP contribution is 2.51. The molecule has 4 heteroatoms. The molecular weight excluding hydrogens is 254 g/mol. The maximum atomic E-state index is 12.4. The fourth-order valence-electron chi connectivity index (χ4n) is 3.64. The average Bonchev–Trinajstić information content (AvgIpc) is 2.73. The Labute approximate surface area is 119 Å². The van der Waals surface area contributed by atoms with Crippen LogP contribution < -0.4 is 0 Å². The predicted octanol–water partition coefficient (Wildman–Crippen LogP) is 2.43. The molecule has 1 fully saturated rings. The van der Waals surface area contributed by atoms with E-state index in [0.29, 0.717) is 0 Å². The quantitative estimate of drug-likeness (QED) is 0.792. The highest BCUT2D eigenvalue weighted by molar-refractivity contribution is 5.98. The summed E-state index contributed by atoms with van der Waals surface area (Å²) in [5, 5.41) is 0. The van der Waals surface area contributed by atoms with Crippen molar-refractivity contribution >= 4 is 5.91 Å². The minimum Gasteiger partial charge on any atom is -0.353 e. The van der Waals surface area contributed by atoms with Crippen LogP contribution in [0, 0.1) is 5.41 Å². The van der Waals surface area contributed by atoms with Crippen molar-refractivity contribution in [1.29, 1.82) is 0 Å². The van der Waals surface area contributed by atoms with Crippen LogP contribution >= 0.6 is 0 Å². The van der Waals surface area contributed by atoms with Crippen molar-refractivity contribution in [2.75, 3.05) is 20.8 Å². The second-order valence-corrected chi connectivity index (χ2v) is 6.30. The van der Waals surface area contributed by atoms with E-state index in [2.05, 4.69) is 6.92 Å². The molecule has 1 aliphatic heterocycles. The van der Waals surface area contributed by atoms with Crippen molar-refractivity contribution in [2.45, 2.75) is 32.1 Å². The SMILES string of the molecule is COC1(OC)CC(C)(CN2Cc3ccccc3C2=O)C1. The molecule has 0 spiro atoms. The molecule has 1 aromatic carbocycles. The largest absolute Gasteiger partial charge is 0.353 e. The van der Waals surface area contributed by atoms with Crippen LogP contribution in [0.15, 0.2) is 24.3 Å². The highest BCUT2D eigenvalue weighted by Gasteiger charge is 2.54. The zero-order chi connectivity index (χ0) is 14.4. The summed E-state index contributed by atoms with van der Waals surface area (Å²) in [6.07, 6.45) is 1.65. The van der Waals surface area contributed by atoms with Crippen LogP contribution in [0.2, 0.25) is 0 Å². The van der Waals surface area contributed by atoms with Crippen LogP contribution in [0.4, 0.5) is 0 Å². The van der Waals surface area contributed by atoms with E-state index >= 15 is 0 Å². The second-order valence-electron chi connectivity index (χ2n) is 6.30. The first-order chi connectivity index (χ1) is 9.51. The minimum atomic E-state index is -0.454. The number of hydrogen-bond acceptors (Lipinski definition) is 3. The average molecular weight is 275 g/mol. The number of rotatable bonds is 4. The van der Waals surface area contributed by atoms with E-state index in [0.717, 1.165) is 37.1 Å². The molecule has 1 aliphatic carbocycles. The number of benzene rings is 1. The van der Waals surface area contributed by atoms with Gasteiger partial charge in [0.15, 0.2) is 5.79 Å². The molecule has 108 valence electrons. The van der Waals surface area contributed by atoms with E-state index < -0.39 is 5.79 Å². The van der Waals surface area contributed by atoms with Crippen molar-refractivity contribution in [3.63, 3.8) is 0 Å². The van der Waals surface area contributed by atoms with E-state index in [1.54, 1.807) is 14.2 Å². The van der Waals surface area contributed by atoms with E-state index in [9.17, 15) is 4.79 Å². The third kappa shape index (κ3) is 2.03. The van der Waals surface area contributed by atoms with E-state index in [1.807, 2.05) is 29.2 Å². The maximum Gasteiger partial charge on any atom is 0.254 e. The van der Waals surface area contributed by atoms with Gasteiger partial charge in [0.25, 0.3) is 5.91 Å². The van der Waals surface area contributed by atoms with Gasteiger partial charge in [-0.25, -0.2) is 0 Å². The summed E-state index contributed by atoms with van der Waals surface area (Å²) < 4.78 is 10.9. The maximum absolute atomic E-state index is 12.4. The molecule has 2 aliphatic rings. The van der Waals surface area contributed by atoms with Crippen molar-refractivity contribution in [1.82, 2.24) is 4.90 Å². The molecule has 0 aromatic heterocycles. The first-order valence-corrected chi connectivity index (χ1v) is 6.98. The van der Waals surface area contributed by atoms with E-state index in [4.69, 9.17) is 9.47 Å². The van der Waals surface area contributed by atoms with Gasteiger partial charge in [0.05, 0.1) is 0 Å². The van der Waals surface area contributed by atoms with Crippen LogP contribution in [-0.4, -0.2) is 37.4 Å². The Morgan fingerprint density at radius 2 is 1.85 bits per heavy atom. The van der Waals surface area contributed by atoms with Gasteiger partial charge in [0.2, 0.25) is 0 Å². The van der Waals surface area contributed by atoms with Gasteiger partial charge in [-0.3, -0.25) is 4.79 Å². The van der Waals surface area contributed by atoms with E-state index in [1.165, 1.54) is 0 Å². The van der Waals surface area contributed by atoms with Crippen molar-refractivity contribution < 1.29 is 14.3 Å². The summed E-state index contributed by atoms with van der Waals surface area (Å²) in [4.78, 5) is 14.3. The molecule has 0 bridgehead atoms. The molecule has 1 amide bonds. The first kappa shape index (κ1) is 13.6. The molecule has 0 unspecified atom stereocenters. The number of carbonyl (C=O) groups excluding carboxylic acids is 1. The summed E-state index contributed by atoms with van der Waals surface area (Å²) in [5.41, 5.74) is 2.05. The molecule has 0 atom stereocenters. The van der Waals surface area contributed by atoms with Gasteiger partial charge in [-0.15, -0.1) is 0 Å². The van der Waals surface area contributed by atoms with Crippen molar-refractivity contribution in [3.8, 4) is 0 Å². The monoisotopic (exact) mass is 275 g/mol. The molecule has 0 saturated heterocycles. The predicted molar refractivity (Wildman–Crippen MR) is 75.3 cm³/mol. The van der Waals surface area contributed by atoms with Gasteiger partial charge in [0, 0.05) is 45.7 Å². The van der Waals surface area contributed by atoms with Gasteiger partial charge >= 0.3 is 0 Å². The molecule has 0 radical (unpaired) electrons. The number of methoxy groups -OCH3 is 2. The number of ether oxygens (including phenoxy) is 2. The summed E-state index contributed by atoms with van der Waals surface area (Å²) in [6, 6.07) is 7.86. The van der Waals surface area contributed by atoms with Gasteiger partial charge < -0.3 is 14.4 Å². The Morgan fingerprint density at radius 3 is 2.45 bits per heavy atom. The smallest absolute Gasteiger partial charge is 0.254 e. The Morgan fingerprint density at radius 1 is 1.20 bits per heavy atom. The standard InChI is InChI=1S/C16H21NO3/c1-15(9-16(10-15,19-2)20-3)11-17-8-12-6-4-5-7-13(12)14(17)18/h4-7H,8-11H2,1-3H3. The van der Waals surface area contributed by atoms with Crippen LogP contribution in [0.1, 0.15) is 35.7 Å². The van der Waals surface area contributed by atoms with Crippen LogP contribution in [0.3, 0.4) is 0 Å². The fourth-order valence-corrected chi connectivity index (χ4v) is 3.64. The number of hydrogen-bond donors (Lipinski definition) is 0. The topological polar surface area (TPSA) is 38.8 Å². The Balaban J connectivity index is 1.68. The summed E-state index contributed by atoms with van der Waals surface area (Å²) in [7, 11) is 3.36. The summed E-state index contributed by atoms with van der Waals surface area (Å²) >= 11 is 0. The van der Waals surface area contributed by atoms with Gasteiger partial charge in [-0.2, -0.15) is 0 Å². The summed E-state index contributed by atoms with van der Waals surface area (Å²) in [5.74, 6) is -0.307. The molecular formula is C16H21NO3. The van der Waals surface area contributed by atoms with Crippen molar-refractivity contribution in [3.05, 3.63) is 35.4 Å². The van der Waals surface area contributed by atoms with Crippen LogP contribution in [0.25, 0.3) is 0 Å². The lowest BCUT2D eigenvalue weighted by Crippen LogP contribution is -2.57. The Hall–Kier alpha value is -1.39. The zero-order valence-electron chi connectivity index (χ0n) is 12.3. The third-order valence-electron chi connectivity index (χ3n) is 4.61. The molecule has 4 nitrogen and oxygen atoms in total. The normalized spacial score (nSPS) is 22.6. The molecule has 3 rings (SSSR count). The number of carbonyl (C=O) groups is 1. The lowest BCUT2D eigenvalue weighted by molar-refractivity contribution is -0.294. The Bertz CT molecular complexity index is 528. The second kappa shape index (κ2) is 4.57. The van der Waals surface area contributed by atoms with E-state index in [-0.39, 0.29) is 11.3 Å². The molecule has 1 aromatic rings. The van der Waals surface area contributed by atoms with Gasteiger partial charge in [-0.05, 0) is 17.0 Å². The number of fused-ring (bicyclic) bond motifs is 1. The van der Waals surface area contributed by atoms with Crippen molar-refractivity contribution in [2.24, 2.45) is 5.41 Å². The highest BCUT2D eigenvalue weighted by atomic mass is 16.7. The first-order valence-electron chi connectivity index (χ1n) is 6.98. The van der Waals surface area contributed by atoms with Crippen LogP contribution in [0.5, 0.6) is 0 Å². The number of amides is 1. The molecule has 0 N–H and O–H groups in total.